The summed E-state index contributed by atoms with van der Waals surface area (Å²) in [6.45, 7) is 6.59. The van der Waals surface area contributed by atoms with Gasteiger partial charge < -0.3 is 10.6 Å². The summed E-state index contributed by atoms with van der Waals surface area (Å²) in [4.78, 5) is 23.3. The summed E-state index contributed by atoms with van der Waals surface area (Å²) in [5.74, 6) is 0.436. The maximum atomic E-state index is 11.7. The van der Waals surface area contributed by atoms with Crippen molar-refractivity contribution in [2.45, 2.75) is 53.0 Å². The third-order valence-corrected chi connectivity index (χ3v) is 3.05. The van der Waals surface area contributed by atoms with E-state index in [9.17, 15) is 9.59 Å². The lowest BCUT2D eigenvalue weighted by Crippen LogP contribution is -2.22. The van der Waals surface area contributed by atoms with Crippen molar-refractivity contribution in [1.82, 2.24) is 5.32 Å². The number of anilines is 1. The summed E-state index contributed by atoms with van der Waals surface area (Å²) in [6.07, 6.45) is 3.02. The number of rotatable bonds is 8. The van der Waals surface area contributed by atoms with Crippen molar-refractivity contribution in [3.05, 3.63) is 29.8 Å². The lowest BCUT2D eigenvalue weighted by atomic mass is 10.1. The minimum absolute atomic E-state index is 0.0223. The van der Waals surface area contributed by atoms with Crippen LogP contribution in [0, 0.1) is 5.92 Å². The molecule has 0 fully saturated rings. The van der Waals surface area contributed by atoms with Crippen LogP contribution in [-0.2, 0) is 16.1 Å². The molecule has 116 valence electrons. The van der Waals surface area contributed by atoms with Crippen LogP contribution in [0.4, 0.5) is 5.69 Å². The summed E-state index contributed by atoms with van der Waals surface area (Å²) >= 11 is 0. The molecule has 1 rings (SSSR count). The fourth-order valence-electron chi connectivity index (χ4n) is 1.97. The van der Waals surface area contributed by atoms with Crippen molar-refractivity contribution in [3.63, 3.8) is 0 Å². The molecule has 0 atom stereocenters. The van der Waals surface area contributed by atoms with E-state index in [2.05, 4.69) is 17.6 Å². The molecule has 4 nitrogen and oxygen atoms in total. The highest BCUT2D eigenvalue weighted by atomic mass is 16.2. The van der Waals surface area contributed by atoms with Gasteiger partial charge in [0.05, 0.1) is 0 Å². The topological polar surface area (TPSA) is 58.2 Å². The highest BCUT2D eigenvalue weighted by Crippen LogP contribution is 2.12. The number of carbonyl (C=O) groups excluding carboxylic acids is 2. The Bertz CT molecular complexity index is 470. The monoisotopic (exact) mass is 290 g/mol. The lowest BCUT2D eigenvalue weighted by Gasteiger charge is -2.09. The van der Waals surface area contributed by atoms with Gasteiger partial charge in [-0.1, -0.05) is 39.3 Å². The van der Waals surface area contributed by atoms with Gasteiger partial charge in [-0.05, 0) is 30.0 Å². The third kappa shape index (κ3) is 7.49. The van der Waals surface area contributed by atoms with Crippen LogP contribution in [-0.4, -0.2) is 11.8 Å². The maximum absolute atomic E-state index is 11.7. The van der Waals surface area contributed by atoms with E-state index >= 15 is 0 Å². The molecule has 2 N–H and O–H groups in total. The van der Waals surface area contributed by atoms with E-state index in [1.807, 2.05) is 38.1 Å². The number of hydrogen-bond donors (Lipinski definition) is 2. The van der Waals surface area contributed by atoms with Crippen LogP contribution in [0.1, 0.15) is 52.0 Å². The second kappa shape index (κ2) is 9.16. The van der Waals surface area contributed by atoms with E-state index in [1.54, 1.807) is 0 Å². The molecule has 2 amide bonds. The Morgan fingerprint density at radius 3 is 2.62 bits per heavy atom. The van der Waals surface area contributed by atoms with Gasteiger partial charge in [-0.3, -0.25) is 9.59 Å². The number of hydrogen-bond acceptors (Lipinski definition) is 2. The molecule has 0 bridgehead atoms. The van der Waals surface area contributed by atoms with Crippen molar-refractivity contribution < 1.29 is 9.59 Å². The van der Waals surface area contributed by atoms with Crippen molar-refractivity contribution in [1.29, 1.82) is 0 Å². The zero-order valence-electron chi connectivity index (χ0n) is 13.2. The van der Waals surface area contributed by atoms with Crippen molar-refractivity contribution in [2.24, 2.45) is 5.92 Å². The van der Waals surface area contributed by atoms with E-state index in [0.29, 0.717) is 25.3 Å². The van der Waals surface area contributed by atoms with Crippen LogP contribution in [0.2, 0.25) is 0 Å². The van der Waals surface area contributed by atoms with Crippen LogP contribution >= 0.6 is 0 Å². The van der Waals surface area contributed by atoms with Crippen molar-refractivity contribution >= 4 is 17.5 Å². The van der Waals surface area contributed by atoms with Crippen LogP contribution in [0.25, 0.3) is 0 Å². The van der Waals surface area contributed by atoms with Gasteiger partial charge in [0.2, 0.25) is 11.8 Å². The van der Waals surface area contributed by atoms with Gasteiger partial charge in [0.25, 0.3) is 0 Å². The Hall–Kier alpha value is -1.84. The zero-order valence-corrected chi connectivity index (χ0v) is 13.2. The second-order valence-corrected chi connectivity index (χ2v) is 5.73. The molecule has 0 spiro atoms. The smallest absolute Gasteiger partial charge is 0.224 e. The zero-order chi connectivity index (χ0) is 15.7. The number of carbonyl (C=O) groups is 2. The normalized spacial score (nSPS) is 10.5. The standard InChI is InChI=1S/C17H26N2O2/c1-4-5-9-16(20)18-12-14-7-6-8-15(11-14)19-17(21)10-13(2)3/h6-8,11,13H,4-5,9-10,12H2,1-3H3,(H,18,20)(H,19,21). The van der Waals surface area contributed by atoms with Gasteiger partial charge >= 0.3 is 0 Å². The van der Waals surface area contributed by atoms with Crippen LogP contribution in [0.3, 0.4) is 0 Å². The second-order valence-electron chi connectivity index (χ2n) is 5.73. The van der Waals surface area contributed by atoms with Gasteiger partial charge in [-0.15, -0.1) is 0 Å². The van der Waals surface area contributed by atoms with Gasteiger partial charge in [0.15, 0.2) is 0 Å². The van der Waals surface area contributed by atoms with Crippen LogP contribution < -0.4 is 10.6 Å². The predicted molar refractivity (Wildman–Crippen MR) is 85.9 cm³/mol. The highest BCUT2D eigenvalue weighted by Gasteiger charge is 2.06. The molecule has 4 heteroatoms. The molecule has 1 aromatic rings. The molecule has 0 heterocycles. The number of nitrogens with one attached hydrogen (secondary N) is 2. The van der Waals surface area contributed by atoms with E-state index in [-0.39, 0.29) is 11.8 Å². The number of amides is 2. The summed E-state index contributed by atoms with van der Waals surface area (Å²) in [6, 6.07) is 7.59. The summed E-state index contributed by atoms with van der Waals surface area (Å²) in [5.41, 5.74) is 1.77. The first-order valence-electron chi connectivity index (χ1n) is 7.66. The third-order valence-electron chi connectivity index (χ3n) is 3.05. The minimum Gasteiger partial charge on any atom is -0.352 e. The quantitative estimate of drug-likeness (QED) is 0.770. The van der Waals surface area contributed by atoms with Crippen molar-refractivity contribution in [2.75, 3.05) is 5.32 Å². The molecule has 0 radical (unpaired) electrons. The Labute approximate surface area is 127 Å². The molecule has 0 unspecified atom stereocenters. The van der Waals surface area contributed by atoms with E-state index in [0.717, 1.165) is 24.1 Å². The van der Waals surface area contributed by atoms with Crippen LogP contribution in [0.5, 0.6) is 0 Å². The minimum atomic E-state index is 0.0223. The van der Waals surface area contributed by atoms with Gasteiger partial charge in [-0.25, -0.2) is 0 Å². The highest BCUT2D eigenvalue weighted by molar-refractivity contribution is 5.90. The van der Waals surface area contributed by atoms with Gasteiger partial charge in [0.1, 0.15) is 0 Å². The van der Waals surface area contributed by atoms with E-state index < -0.39 is 0 Å². The Morgan fingerprint density at radius 1 is 1.19 bits per heavy atom. The van der Waals surface area contributed by atoms with E-state index in [1.165, 1.54) is 0 Å². The molecular weight excluding hydrogens is 264 g/mol. The molecule has 0 aliphatic heterocycles. The molecule has 0 saturated heterocycles. The molecular formula is C17H26N2O2. The molecule has 1 aromatic carbocycles. The summed E-state index contributed by atoms with van der Waals surface area (Å²) in [5, 5.41) is 5.78. The predicted octanol–water partition coefficient (Wildman–Crippen LogP) is 3.48. The average Bonchev–Trinajstić information content (AvgIpc) is 2.42. The molecule has 0 aliphatic carbocycles. The number of benzene rings is 1. The first kappa shape index (κ1) is 17.2. The number of unbranched alkanes of at least 4 members (excludes halogenated alkanes) is 1. The largest absolute Gasteiger partial charge is 0.352 e. The summed E-state index contributed by atoms with van der Waals surface area (Å²) < 4.78 is 0. The Morgan fingerprint density at radius 2 is 1.95 bits per heavy atom. The fourth-order valence-corrected chi connectivity index (χ4v) is 1.97. The molecule has 21 heavy (non-hydrogen) atoms. The molecule has 0 aromatic heterocycles. The molecule has 0 aliphatic rings. The molecule has 0 saturated carbocycles. The lowest BCUT2D eigenvalue weighted by molar-refractivity contribution is -0.121. The summed E-state index contributed by atoms with van der Waals surface area (Å²) in [7, 11) is 0. The van der Waals surface area contributed by atoms with Gasteiger partial charge in [-0.2, -0.15) is 0 Å². The van der Waals surface area contributed by atoms with E-state index in [4.69, 9.17) is 0 Å². The Balaban J connectivity index is 2.48. The Kier molecular flexibility index (Phi) is 7.51. The van der Waals surface area contributed by atoms with Crippen molar-refractivity contribution in [3.8, 4) is 0 Å². The average molecular weight is 290 g/mol. The van der Waals surface area contributed by atoms with Crippen LogP contribution in [0.15, 0.2) is 24.3 Å². The first-order valence-corrected chi connectivity index (χ1v) is 7.66. The maximum Gasteiger partial charge on any atom is 0.224 e. The first-order chi connectivity index (χ1) is 10.0. The SMILES string of the molecule is CCCCC(=O)NCc1cccc(NC(=O)CC(C)C)c1. The fraction of sp³-hybridized carbons (Fsp3) is 0.529. The van der Waals surface area contributed by atoms with Gasteiger partial charge in [0, 0.05) is 25.1 Å².